The SMILES string of the molecule is CCN(CC)CCCN(CC)C(CN)C1CCCOC1. The maximum absolute atomic E-state index is 6.06. The van der Waals surface area contributed by atoms with E-state index in [4.69, 9.17) is 10.5 Å². The second-order valence-electron chi connectivity index (χ2n) is 5.79. The van der Waals surface area contributed by atoms with Crippen molar-refractivity contribution >= 4 is 0 Å². The summed E-state index contributed by atoms with van der Waals surface area (Å²) in [7, 11) is 0. The minimum absolute atomic E-state index is 0.497. The van der Waals surface area contributed by atoms with Crippen LogP contribution in [0.25, 0.3) is 0 Å². The van der Waals surface area contributed by atoms with E-state index in [-0.39, 0.29) is 0 Å². The molecule has 2 atom stereocenters. The van der Waals surface area contributed by atoms with Gasteiger partial charge in [0.25, 0.3) is 0 Å². The van der Waals surface area contributed by atoms with Crippen LogP contribution in [0.3, 0.4) is 0 Å². The zero-order valence-electron chi connectivity index (χ0n) is 13.8. The van der Waals surface area contributed by atoms with E-state index in [1.165, 1.54) is 25.8 Å². The topological polar surface area (TPSA) is 41.7 Å². The predicted octanol–water partition coefficient (Wildman–Crippen LogP) is 1.79. The first-order valence-corrected chi connectivity index (χ1v) is 8.50. The lowest BCUT2D eigenvalue weighted by Gasteiger charge is -2.37. The maximum Gasteiger partial charge on any atom is 0.0509 e. The molecule has 0 amide bonds. The number of likely N-dealkylation sites (N-methyl/N-ethyl adjacent to an activating group) is 1. The van der Waals surface area contributed by atoms with Gasteiger partial charge in [0.1, 0.15) is 0 Å². The van der Waals surface area contributed by atoms with E-state index in [0.717, 1.165) is 45.9 Å². The Labute approximate surface area is 125 Å². The summed E-state index contributed by atoms with van der Waals surface area (Å²) in [5.41, 5.74) is 6.06. The summed E-state index contributed by atoms with van der Waals surface area (Å²) >= 11 is 0. The largest absolute Gasteiger partial charge is 0.381 e. The third kappa shape index (κ3) is 5.68. The van der Waals surface area contributed by atoms with Gasteiger partial charge in [0.15, 0.2) is 0 Å². The molecule has 2 N–H and O–H groups in total. The summed E-state index contributed by atoms with van der Waals surface area (Å²) in [6, 6.07) is 0.497. The van der Waals surface area contributed by atoms with Gasteiger partial charge in [-0.15, -0.1) is 0 Å². The Bertz CT molecular complexity index is 228. The molecule has 1 saturated heterocycles. The molecule has 0 aliphatic carbocycles. The van der Waals surface area contributed by atoms with Crippen LogP contribution in [-0.4, -0.2) is 68.3 Å². The molecular weight excluding hydrogens is 250 g/mol. The van der Waals surface area contributed by atoms with E-state index in [1.54, 1.807) is 0 Å². The van der Waals surface area contributed by atoms with Gasteiger partial charge in [0.05, 0.1) is 6.61 Å². The van der Waals surface area contributed by atoms with E-state index in [9.17, 15) is 0 Å². The fraction of sp³-hybridized carbons (Fsp3) is 1.00. The number of nitrogens with zero attached hydrogens (tertiary/aromatic N) is 2. The van der Waals surface area contributed by atoms with E-state index in [0.29, 0.717) is 12.0 Å². The predicted molar refractivity (Wildman–Crippen MR) is 86.0 cm³/mol. The highest BCUT2D eigenvalue weighted by atomic mass is 16.5. The molecule has 0 aromatic heterocycles. The Balaban J connectivity index is 2.41. The summed E-state index contributed by atoms with van der Waals surface area (Å²) in [6.07, 6.45) is 3.70. The molecule has 1 rings (SSSR count). The Morgan fingerprint density at radius 1 is 1.15 bits per heavy atom. The summed E-state index contributed by atoms with van der Waals surface area (Å²) in [5, 5.41) is 0. The van der Waals surface area contributed by atoms with Gasteiger partial charge in [-0.3, -0.25) is 4.90 Å². The van der Waals surface area contributed by atoms with Crippen LogP contribution in [0.15, 0.2) is 0 Å². The fourth-order valence-electron chi connectivity index (χ4n) is 3.30. The van der Waals surface area contributed by atoms with Gasteiger partial charge in [-0.2, -0.15) is 0 Å². The number of ether oxygens (including phenoxy) is 1. The molecule has 1 fully saturated rings. The molecule has 2 unspecified atom stereocenters. The lowest BCUT2D eigenvalue weighted by molar-refractivity contribution is 0.0116. The number of nitrogens with two attached hydrogens (primary N) is 1. The number of hydrogen-bond acceptors (Lipinski definition) is 4. The Morgan fingerprint density at radius 3 is 2.40 bits per heavy atom. The molecule has 0 bridgehead atoms. The van der Waals surface area contributed by atoms with E-state index in [2.05, 4.69) is 30.6 Å². The second-order valence-corrected chi connectivity index (χ2v) is 5.79. The molecule has 120 valence electrons. The van der Waals surface area contributed by atoms with Crippen LogP contribution in [0.1, 0.15) is 40.0 Å². The normalized spacial score (nSPS) is 21.6. The van der Waals surface area contributed by atoms with Crippen LogP contribution in [0.5, 0.6) is 0 Å². The first kappa shape index (κ1) is 17.9. The van der Waals surface area contributed by atoms with Gasteiger partial charge in [-0.05, 0) is 57.9 Å². The Morgan fingerprint density at radius 2 is 1.90 bits per heavy atom. The molecular formula is C16H35N3O. The Kier molecular flexibility index (Phi) is 9.44. The van der Waals surface area contributed by atoms with Crippen LogP contribution >= 0.6 is 0 Å². The van der Waals surface area contributed by atoms with Crippen LogP contribution in [-0.2, 0) is 4.74 Å². The average Bonchev–Trinajstić information content (AvgIpc) is 2.51. The molecule has 0 saturated carbocycles. The van der Waals surface area contributed by atoms with Gasteiger partial charge >= 0.3 is 0 Å². The summed E-state index contributed by atoms with van der Waals surface area (Å²) in [5.74, 6) is 0.627. The van der Waals surface area contributed by atoms with Crippen molar-refractivity contribution in [3.05, 3.63) is 0 Å². The highest BCUT2D eigenvalue weighted by Gasteiger charge is 2.27. The van der Waals surface area contributed by atoms with Crippen LogP contribution < -0.4 is 5.73 Å². The highest BCUT2D eigenvalue weighted by molar-refractivity contribution is 4.81. The zero-order chi connectivity index (χ0) is 14.8. The third-order valence-electron chi connectivity index (χ3n) is 4.67. The minimum atomic E-state index is 0.497. The van der Waals surface area contributed by atoms with Crippen LogP contribution in [0.4, 0.5) is 0 Å². The van der Waals surface area contributed by atoms with Gasteiger partial charge in [-0.1, -0.05) is 20.8 Å². The van der Waals surface area contributed by atoms with Crippen LogP contribution in [0, 0.1) is 5.92 Å². The van der Waals surface area contributed by atoms with Gasteiger partial charge in [0, 0.05) is 19.2 Å². The van der Waals surface area contributed by atoms with Crippen LogP contribution in [0.2, 0.25) is 0 Å². The van der Waals surface area contributed by atoms with Crippen molar-refractivity contribution in [1.29, 1.82) is 0 Å². The molecule has 4 heteroatoms. The van der Waals surface area contributed by atoms with Crippen molar-refractivity contribution in [2.75, 3.05) is 52.5 Å². The third-order valence-corrected chi connectivity index (χ3v) is 4.67. The summed E-state index contributed by atoms with van der Waals surface area (Å²) in [4.78, 5) is 5.07. The molecule has 0 aromatic rings. The average molecular weight is 285 g/mol. The quantitative estimate of drug-likeness (QED) is 0.664. The van der Waals surface area contributed by atoms with Gasteiger partial charge in [-0.25, -0.2) is 0 Å². The standard InChI is InChI=1S/C16H35N3O/c1-4-18(5-2)10-8-11-19(6-3)16(13-17)15-9-7-12-20-14-15/h15-16H,4-14,17H2,1-3H3. The van der Waals surface area contributed by atoms with E-state index >= 15 is 0 Å². The fourth-order valence-corrected chi connectivity index (χ4v) is 3.30. The van der Waals surface area contributed by atoms with Crippen molar-refractivity contribution in [2.45, 2.75) is 46.1 Å². The molecule has 20 heavy (non-hydrogen) atoms. The summed E-state index contributed by atoms with van der Waals surface area (Å²) in [6.45, 7) is 15.1. The molecule has 1 aliphatic heterocycles. The van der Waals surface area contributed by atoms with Crippen molar-refractivity contribution < 1.29 is 4.74 Å². The molecule has 0 spiro atoms. The summed E-state index contributed by atoms with van der Waals surface area (Å²) < 4.78 is 5.65. The van der Waals surface area contributed by atoms with Gasteiger partial charge < -0.3 is 15.4 Å². The number of hydrogen-bond donors (Lipinski definition) is 1. The zero-order valence-corrected chi connectivity index (χ0v) is 13.8. The highest BCUT2D eigenvalue weighted by Crippen LogP contribution is 2.21. The lowest BCUT2D eigenvalue weighted by Crippen LogP contribution is -2.48. The van der Waals surface area contributed by atoms with Crippen molar-refractivity contribution in [2.24, 2.45) is 11.7 Å². The lowest BCUT2D eigenvalue weighted by atomic mass is 9.92. The van der Waals surface area contributed by atoms with Crippen molar-refractivity contribution in [1.82, 2.24) is 9.80 Å². The minimum Gasteiger partial charge on any atom is -0.381 e. The second kappa shape index (κ2) is 10.6. The monoisotopic (exact) mass is 285 g/mol. The molecule has 0 aromatic carbocycles. The molecule has 1 aliphatic rings. The van der Waals surface area contributed by atoms with Crippen molar-refractivity contribution in [3.8, 4) is 0 Å². The smallest absolute Gasteiger partial charge is 0.0509 e. The first-order chi connectivity index (χ1) is 9.76. The van der Waals surface area contributed by atoms with Gasteiger partial charge in [0.2, 0.25) is 0 Å². The Hall–Kier alpha value is -0.160. The molecule has 4 nitrogen and oxygen atoms in total. The number of rotatable bonds is 10. The molecule has 0 radical (unpaired) electrons. The first-order valence-electron chi connectivity index (χ1n) is 8.50. The van der Waals surface area contributed by atoms with Crippen molar-refractivity contribution in [3.63, 3.8) is 0 Å². The maximum atomic E-state index is 6.06. The van der Waals surface area contributed by atoms with E-state index in [1.807, 2.05) is 0 Å². The molecule has 1 heterocycles. The van der Waals surface area contributed by atoms with E-state index < -0.39 is 0 Å².